The highest BCUT2D eigenvalue weighted by molar-refractivity contribution is 5.78. The molecule has 0 aliphatic carbocycles. The van der Waals surface area contributed by atoms with Gasteiger partial charge in [0.2, 0.25) is 5.91 Å². The maximum Gasteiger partial charge on any atom is 0.224 e. The van der Waals surface area contributed by atoms with Gasteiger partial charge in [0.05, 0.1) is 31.0 Å². The van der Waals surface area contributed by atoms with Gasteiger partial charge in [0.15, 0.2) is 0 Å². The van der Waals surface area contributed by atoms with Gasteiger partial charge < -0.3 is 14.1 Å². The number of furan rings is 1. The number of hydrogen-bond acceptors (Lipinski definition) is 4. The molecule has 4 heterocycles. The second kappa shape index (κ2) is 7.33. The first-order chi connectivity index (χ1) is 12.7. The summed E-state index contributed by atoms with van der Waals surface area (Å²) in [6.07, 6.45) is 5.66. The van der Waals surface area contributed by atoms with E-state index in [0.717, 1.165) is 55.3 Å². The number of aromatic nitrogens is 2. The average molecular weight is 352 g/mol. The molecule has 0 radical (unpaired) electrons. The van der Waals surface area contributed by atoms with E-state index >= 15 is 0 Å². The molecule has 136 valence electrons. The quantitative estimate of drug-likeness (QED) is 0.767. The van der Waals surface area contributed by atoms with Crippen LogP contribution >= 0.6 is 0 Å². The maximum atomic E-state index is 12.6. The Kier molecular flexibility index (Phi) is 4.75. The summed E-state index contributed by atoms with van der Waals surface area (Å²) in [4.78, 5) is 19.5. The van der Waals surface area contributed by atoms with Crippen molar-refractivity contribution in [1.82, 2.24) is 19.6 Å². The third kappa shape index (κ3) is 3.65. The van der Waals surface area contributed by atoms with Crippen molar-refractivity contribution < 1.29 is 9.21 Å². The molecular formula is C20H24N4O2. The first-order valence-corrected chi connectivity index (χ1v) is 9.15. The summed E-state index contributed by atoms with van der Waals surface area (Å²) in [5.41, 5.74) is 2.93. The Balaban J connectivity index is 1.34. The zero-order valence-corrected chi connectivity index (χ0v) is 15.0. The molecule has 3 aromatic heterocycles. The van der Waals surface area contributed by atoms with Gasteiger partial charge in [0.1, 0.15) is 11.4 Å². The molecule has 6 nitrogen and oxygen atoms in total. The Morgan fingerprint density at radius 3 is 3.08 bits per heavy atom. The first-order valence-electron chi connectivity index (χ1n) is 9.15. The number of piperidine rings is 1. The molecule has 1 aliphatic heterocycles. The molecular weight excluding hydrogens is 328 g/mol. The van der Waals surface area contributed by atoms with E-state index in [4.69, 9.17) is 4.42 Å². The van der Waals surface area contributed by atoms with Crippen molar-refractivity contribution in [3.63, 3.8) is 0 Å². The van der Waals surface area contributed by atoms with E-state index < -0.39 is 0 Å². The summed E-state index contributed by atoms with van der Waals surface area (Å²) in [7, 11) is 0. The van der Waals surface area contributed by atoms with Crippen LogP contribution in [0.25, 0.3) is 5.65 Å². The molecule has 0 aromatic carbocycles. The second-order valence-electron chi connectivity index (χ2n) is 7.00. The van der Waals surface area contributed by atoms with Gasteiger partial charge in [-0.2, -0.15) is 0 Å². The first kappa shape index (κ1) is 16.8. The Morgan fingerprint density at radius 2 is 2.27 bits per heavy atom. The Labute approximate surface area is 152 Å². The number of rotatable bonds is 5. The molecule has 1 aliphatic rings. The lowest BCUT2D eigenvalue weighted by molar-refractivity contribution is -0.127. The molecule has 26 heavy (non-hydrogen) atoms. The summed E-state index contributed by atoms with van der Waals surface area (Å²) in [6.45, 7) is 5.07. The fraction of sp³-hybridized carbons (Fsp3) is 0.400. The highest BCUT2D eigenvalue weighted by Crippen LogP contribution is 2.19. The smallest absolute Gasteiger partial charge is 0.224 e. The molecule has 0 saturated carbocycles. The van der Waals surface area contributed by atoms with E-state index in [2.05, 4.69) is 15.2 Å². The number of pyridine rings is 1. The van der Waals surface area contributed by atoms with Gasteiger partial charge >= 0.3 is 0 Å². The van der Waals surface area contributed by atoms with Crippen LogP contribution in [0.3, 0.4) is 0 Å². The highest BCUT2D eigenvalue weighted by Gasteiger charge is 2.26. The lowest BCUT2D eigenvalue weighted by atomic mass is 9.97. The minimum Gasteiger partial charge on any atom is -0.468 e. The molecule has 4 rings (SSSR count). The molecule has 3 aromatic rings. The average Bonchev–Trinajstić information content (AvgIpc) is 3.30. The number of hydrogen-bond donors (Lipinski definition) is 1. The maximum absolute atomic E-state index is 12.6. The van der Waals surface area contributed by atoms with Crippen molar-refractivity contribution in [2.24, 2.45) is 5.92 Å². The molecule has 0 bridgehead atoms. The van der Waals surface area contributed by atoms with Crippen molar-refractivity contribution in [1.29, 1.82) is 0 Å². The fourth-order valence-corrected chi connectivity index (χ4v) is 3.64. The van der Waals surface area contributed by atoms with Crippen molar-refractivity contribution in [3.8, 4) is 0 Å². The van der Waals surface area contributed by atoms with Gasteiger partial charge in [0.25, 0.3) is 0 Å². The van der Waals surface area contributed by atoms with Crippen molar-refractivity contribution in [2.45, 2.75) is 32.9 Å². The van der Waals surface area contributed by atoms with Gasteiger partial charge in [-0.25, -0.2) is 4.98 Å². The minimum atomic E-state index is 0.0254. The highest BCUT2D eigenvalue weighted by atomic mass is 16.3. The van der Waals surface area contributed by atoms with E-state index in [1.54, 1.807) is 6.26 Å². The third-order valence-corrected chi connectivity index (χ3v) is 5.03. The van der Waals surface area contributed by atoms with Gasteiger partial charge in [-0.3, -0.25) is 9.69 Å². The van der Waals surface area contributed by atoms with Crippen LogP contribution in [0.1, 0.15) is 30.0 Å². The summed E-state index contributed by atoms with van der Waals surface area (Å²) in [5, 5.41) is 3.06. The Hall–Kier alpha value is -2.60. The zero-order chi connectivity index (χ0) is 17.9. The van der Waals surface area contributed by atoms with Crippen molar-refractivity contribution in [3.05, 3.63) is 59.9 Å². The molecule has 6 heteroatoms. The van der Waals surface area contributed by atoms with Crippen LogP contribution in [0.4, 0.5) is 0 Å². The minimum absolute atomic E-state index is 0.0254. The Morgan fingerprint density at radius 1 is 1.35 bits per heavy atom. The van der Waals surface area contributed by atoms with Gasteiger partial charge in [-0.15, -0.1) is 0 Å². The number of nitrogens with zero attached hydrogens (tertiary/aromatic N) is 3. The van der Waals surface area contributed by atoms with Crippen LogP contribution in [-0.2, 0) is 17.9 Å². The van der Waals surface area contributed by atoms with E-state index in [9.17, 15) is 4.79 Å². The third-order valence-electron chi connectivity index (χ3n) is 5.03. The largest absolute Gasteiger partial charge is 0.468 e. The van der Waals surface area contributed by atoms with Gasteiger partial charge in [-0.05, 0) is 50.6 Å². The fourth-order valence-electron chi connectivity index (χ4n) is 3.64. The van der Waals surface area contributed by atoms with Crippen LogP contribution in [-0.4, -0.2) is 33.3 Å². The van der Waals surface area contributed by atoms with E-state index in [1.165, 1.54) is 0 Å². The summed E-state index contributed by atoms with van der Waals surface area (Å²) in [5.74, 6) is 1.09. The zero-order valence-electron chi connectivity index (χ0n) is 15.0. The molecule has 0 unspecified atom stereocenters. The number of carbonyl (C=O) groups is 1. The number of nitrogens with one attached hydrogen (secondary N) is 1. The van der Waals surface area contributed by atoms with Gasteiger partial charge in [0, 0.05) is 18.4 Å². The predicted molar refractivity (Wildman–Crippen MR) is 98.5 cm³/mol. The number of imidazole rings is 1. The van der Waals surface area contributed by atoms with Crippen LogP contribution in [0.15, 0.2) is 47.2 Å². The van der Waals surface area contributed by atoms with E-state index in [0.29, 0.717) is 6.54 Å². The van der Waals surface area contributed by atoms with Crippen LogP contribution in [0, 0.1) is 12.8 Å². The number of amides is 1. The Bertz CT molecular complexity index is 884. The normalized spacial score (nSPS) is 18.3. The molecule has 1 atom stereocenters. The number of carbonyl (C=O) groups excluding carboxylic acids is 1. The lowest BCUT2D eigenvalue weighted by Gasteiger charge is -2.31. The number of aryl methyl sites for hydroxylation is 1. The molecule has 0 spiro atoms. The monoisotopic (exact) mass is 352 g/mol. The number of likely N-dealkylation sites (tertiary alicyclic amines) is 1. The van der Waals surface area contributed by atoms with Crippen molar-refractivity contribution >= 4 is 11.6 Å². The molecule has 1 fully saturated rings. The van der Waals surface area contributed by atoms with Crippen LogP contribution < -0.4 is 5.32 Å². The van der Waals surface area contributed by atoms with E-state index in [1.807, 2.05) is 47.9 Å². The summed E-state index contributed by atoms with van der Waals surface area (Å²) >= 11 is 0. The molecule has 1 N–H and O–H groups in total. The van der Waals surface area contributed by atoms with Gasteiger partial charge in [-0.1, -0.05) is 6.07 Å². The van der Waals surface area contributed by atoms with Crippen LogP contribution in [0.5, 0.6) is 0 Å². The lowest BCUT2D eigenvalue weighted by Crippen LogP contribution is -2.42. The summed E-state index contributed by atoms with van der Waals surface area (Å²) < 4.78 is 7.47. The summed E-state index contributed by atoms with van der Waals surface area (Å²) in [6, 6.07) is 9.91. The van der Waals surface area contributed by atoms with Crippen LogP contribution in [0.2, 0.25) is 0 Å². The topological polar surface area (TPSA) is 62.8 Å². The standard InChI is InChI=1S/C20H24N4O2/c1-15-5-2-8-19-22-17(13-24(15)19)11-21-20(25)16-6-3-9-23(12-16)14-18-7-4-10-26-18/h2,4-5,7-8,10,13,16H,3,6,9,11-12,14H2,1H3,(H,21,25)/t16-/m0/s1. The van der Waals surface area contributed by atoms with E-state index in [-0.39, 0.29) is 11.8 Å². The second-order valence-corrected chi connectivity index (χ2v) is 7.00. The predicted octanol–water partition coefficient (Wildman–Crippen LogP) is 2.76. The molecule has 1 amide bonds. The molecule has 1 saturated heterocycles. The SMILES string of the molecule is Cc1cccc2nc(CNC(=O)[C@H]3CCCN(Cc4ccco4)C3)cn12. The number of fused-ring (bicyclic) bond motifs is 1. The van der Waals surface area contributed by atoms with Crippen molar-refractivity contribution in [2.75, 3.05) is 13.1 Å².